The van der Waals surface area contributed by atoms with Crippen LogP contribution in [0, 0.1) is 6.92 Å². The minimum absolute atomic E-state index is 0.280. The highest BCUT2D eigenvalue weighted by Gasteiger charge is 2.16. The Kier molecular flexibility index (Phi) is 6.16. The molecular weight excluding hydrogens is 356 g/mol. The molecule has 3 rings (SSSR count). The third-order valence-electron chi connectivity index (χ3n) is 4.23. The number of carbonyl (C=O) groups excluding carboxylic acids is 2. The Morgan fingerprint density at radius 2 is 1.93 bits per heavy atom. The number of pyridine rings is 1. The molecule has 0 fully saturated rings. The van der Waals surface area contributed by atoms with Crippen LogP contribution in [-0.4, -0.2) is 33.2 Å². The summed E-state index contributed by atoms with van der Waals surface area (Å²) >= 11 is 0. The van der Waals surface area contributed by atoms with Gasteiger partial charge in [-0.05, 0) is 49.7 Å². The van der Waals surface area contributed by atoms with Crippen LogP contribution in [0.1, 0.15) is 46.2 Å². The van der Waals surface area contributed by atoms with Crippen molar-refractivity contribution in [3.05, 3.63) is 71.7 Å². The van der Waals surface area contributed by atoms with E-state index in [0.29, 0.717) is 34.9 Å². The van der Waals surface area contributed by atoms with Crippen LogP contribution in [0.5, 0.6) is 0 Å². The quantitative estimate of drug-likeness (QED) is 0.499. The van der Waals surface area contributed by atoms with Gasteiger partial charge in [-0.25, -0.2) is 14.5 Å². The normalized spacial score (nSPS) is 10.5. The minimum atomic E-state index is -0.362. The first-order valence-corrected chi connectivity index (χ1v) is 9.14. The number of rotatable bonds is 7. The van der Waals surface area contributed by atoms with E-state index in [2.05, 4.69) is 15.4 Å². The van der Waals surface area contributed by atoms with Gasteiger partial charge < -0.3 is 10.1 Å². The first-order chi connectivity index (χ1) is 13.6. The molecule has 2 heterocycles. The molecule has 1 amide bonds. The Morgan fingerprint density at radius 3 is 2.61 bits per heavy atom. The monoisotopic (exact) mass is 378 g/mol. The first-order valence-electron chi connectivity index (χ1n) is 9.14. The van der Waals surface area contributed by atoms with Crippen LogP contribution in [-0.2, 0) is 4.74 Å². The zero-order valence-corrected chi connectivity index (χ0v) is 15.9. The van der Waals surface area contributed by atoms with Gasteiger partial charge in [-0.15, -0.1) is 0 Å². The highest BCUT2D eigenvalue weighted by molar-refractivity contribution is 6.05. The van der Waals surface area contributed by atoms with Gasteiger partial charge in [-0.3, -0.25) is 4.79 Å². The second-order valence-corrected chi connectivity index (χ2v) is 6.26. The van der Waals surface area contributed by atoms with Crippen molar-refractivity contribution in [2.24, 2.45) is 0 Å². The molecule has 0 unspecified atom stereocenters. The predicted octanol–water partition coefficient (Wildman–Crippen LogP) is 3.78. The van der Waals surface area contributed by atoms with E-state index < -0.39 is 0 Å². The van der Waals surface area contributed by atoms with Crippen LogP contribution in [0.2, 0.25) is 0 Å². The van der Waals surface area contributed by atoms with E-state index >= 15 is 0 Å². The van der Waals surface area contributed by atoms with Gasteiger partial charge >= 0.3 is 5.97 Å². The second kappa shape index (κ2) is 8.94. The van der Waals surface area contributed by atoms with Gasteiger partial charge in [-0.1, -0.05) is 19.4 Å². The number of amides is 1. The third-order valence-corrected chi connectivity index (χ3v) is 4.23. The van der Waals surface area contributed by atoms with Crippen LogP contribution in [0.15, 0.2) is 54.9 Å². The fourth-order valence-electron chi connectivity index (χ4n) is 2.62. The third kappa shape index (κ3) is 4.43. The van der Waals surface area contributed by atoms with Crippen molar-refractivity contribution in [3.63, 3.8) is 0 Å². The summed E-state index contributed by atoms with van der Waals surface area (Å²) in [5.74, 6) is 0.00162. The molecule has 0 aliphatic rings. The lowest BCUT2D eigenvalue weighted by atomic mass is 10.2. The van der Waals surface area contributed by atoms with Crippen molar-refractivity contribution < 1.29 is 14.3 Å². The number of hydrogen-bond acceptors (Lipinski definition) is 5. The Morgan fingerprint density at radius 1 is 1.14 bits per heavy atom. The standard InChI is InChI=1S/C21H22N4O3/c1-3-4-13-28-21(27)16-8-10-17(11-9-16)24-20(26)18-14-23-25(15(18)2)19-7-5-6-12-22-19/h5-12,14H,3-4,13H2,1-2H3,(H,24,26). The number of hydrogen-bond donors (Lipinski definition) is 1. The summed E-state index contributed by atoms with van der Waals surface area (Å²) in [4.78, 5) is 28.8. The molecule has 1 N–H and O–H groups in total. The molecule has 2 aromatic heterocycles. The SMILES string of the molecule is CCCCOC(=O)c1ccc(NC(=O)c2cnn(-c3ccccn3)c2C)cc1. The number of benzene rings is 1. The molecule has 7 nitrogen and oxygen atoms in total. The van der Waals surface area contributed by atoms with Crippen LogP contribution < -0.4 is 5.32 Å². The molecule has 0 radical (unpaired) electrons. The van der Waals surface area contributed by atoms with E-state index in [9.17, 15) is 9.59 Å². The second-order valence-electron chi connectivity index (χ2n) is 6.26. The zero-order chi connectivity index (χ0) is 19.9. The van der Waals surface area contributed by atoms with Crippen molar-refractivity contribution in [2.75, 3.05) is 11.9 Å². The van der Waals surface area contributed by atoms with E-state index in [-0.39, 0.29) is 11.9 Å². The molecule has 0 aliphatic heterocycles. The molecule has 0 saturated heterocycles. The Labute approximate surface area is 163 Å². The number of aromatic nitrogens is 3. The van der Waals surface area contributed by atoms with Gasteiger partial charge in [0.2, 0.25) is 0 Å². The first kappa shape index (κ1) is 19.3. The molecule has 0 spiro atoms. The number of nitrogens with zero attached hydrogens (tertiary/aromatic N) is 3. The van der Waals surface area contributed by atoms with Crippen LogP contribution >= 0.6 is 0 Å². The average Bonchev–Trinajstić information content (AvgIpc) is 3.11. The molecule has 7 heteroatoms. The fraction of sp³-hybridized carbons (Fsp3) is 0.238. The van der Waals surface area contributed by atoms with Crippen molar-refractivity contribution >= 4 is 17.6 Å². The van der Waals surface area contributed by atoms with Crippen molar-refractivity contribution in [1.29, 1.82) is 0 Å². The number of nitrogens with one attached hydrogen (secondary N) is 1. The van der Waals surface area contributed by atoms with Gasteiger partial charge in [0.15, 0.2) is 5.82 Å². The van der Waals surface area contributed by atoms with Crippen LogP contribution in [0.4, 0.5) is 5.69 Å². The molecule has 144 valence electrons. The Hall–Kier alpha value is -3.48. The van der Waals surface area contributed by atoms with Gasteiger partial charge in [0, 0.05) is 11.9 Å². The van der Waals surface area contributed by atoms with Crippen molar-refractivity contribution in [1.82, 2.24) is 14.8 Å². The van der Waals surface area contributed by atoms with Gasteiger partial charge in [0.25, 0.3) is 5.91 Å². The average molecular weight is 378 g/mol. The number of anilines is 1. The van der Waals surface area contributed by atoms with Crippen LogP contribution in [0.25, 0.3) is 5.82 Å². The fourth-order valence-corrected chi connectivity index (χ4v) is 2.62. The number of carbonyl (C=O) groups is 2. The predicted molar refractivity (Wildman–Crippen MR) is 106 cm³/mol. The molecule has 0 saturated carbocycles. The number of ether oxygens (including phenoxy) is 1. The van der Waals surface area contributed by atoms with E-state index in [1.165, 1.54) is 6.20 Å². The molecule has 0 atom stereocenters. The van der Waals surface area contributed by atoms with Gasteiger partial charge in [-0.2, -0.15) is 5.10 Å². The topological polar surface area (TPSA) is 86.1 Å². The highest BCUT2D eigenvalue weighted by Crippen LogP contribution is 2.16. The Bertz CT molecular complexity index is 950. The smallest absolute Gasteiger partial charge is 0.338 e. The summed E-state index contributed by atoms with van der Waals surface area (Å²) in [5, 5.41) is 7.07. The lowest BCUT2D eigenvalue weighted by Gasteiger charge is -2.07. The van der Waals surface area contributed by atoms with Gasteiger partial charge in [0.1, 0.15) is 0 Å². The minimum Gasteiger partial charge on any atom is -0.462 e. The van der Waals surface area contributed by atoms with Crippen molar-refractivity contribution in [3.8, 4) is 5.82 Å². The summed E-state index contributed by atoms with van der Waals surface area (Å²) in [5.41, 5.74) is 2.18. The number of esters is 1. The largest absolute Gasteiger partial charge is 0.462 e. The highest BCUT2D eigenvalue weighted by atomic mass is 16.5. The van der Waals surface area contributed by atoms with Crippen LogP contribution in [0.3, 0.4) is 0 Å². The summed E-state index contributed by atoms with van der Waals surface area (Å²) in [6.45, 7) is 4.26. The maximum absolute atomic E-state index is 12.6. The molecule has 1 aromatic carbocycles. The summed E-state index contributed by atoms with van der Waals surface area (Å²) < 4.78 is 6.79. The van der Waals surface area contributed by atoms with E-state index in [1.54, 1.807) is 35.1 Å². The van der Waals surface area contributed by atoms with Crippen molar-refractivity contribution in [2.45, 2.75) is 26.7 Å². The van der Waals surface area contributed by atoms with E-state index in [0.717, 1.165) is 12.8 Å². The molecule has 0 bridgehead atoms. The summed E-state index contributed by atoms with van der Waals surface area (Å²) in [7, 11) is 0. The number of unbranched alkanes of at least 4 members (excludes halogenated alkanes) is 1. The van der Waals surface area contributed by atoms with E-state index in [4.69, 9.17) is 4.74 Å². The molecular formula is C21H22N4O3. The molecule has 3 aromatic rings. The maximum atomic E-state index is 12.6. The Balaban J connectivity index is 1.67. The summed E-state index contributed by atoms with van der Waals surface area (Å²) in [6, 6.07) is 12.1. The zero-order valence-electron chi connectivity index (χ0n) is 15.9. The molecule has 0 aliphatic carbocycles. The molecule has 28 heavy (non-hydrogen) atoms. The maximum Gasteiger partial charge on any atom is 0.338 e. The van der Waals surface area contributed by atoms with Gasteiger partial charge in [0.05, 0.1) is 29.6 Å². The lowest BCUT2D eigenvalue weighted by Crippen LogP contribution is -2.13. The van der Waals surface area contributed by atoms with E-state index in [1.807, 2.05) is 32.0 Å². The lowest BCUT2D eigenvalue weighted by molar-refractivity contribution is 0.0499. The summed E-state index contributed by atoms with van der Waals surface area (Å²) in [6.07, 6.45) is 4.99.